The van der Waals surface area contributed by atoms with E-state index in [0.717, 1.165) is 25.3 Å². The van der Waals surface area contributed by atoms with Crippen LogP contribution in [0.2, 0.25) is 0 Å². The highest BCUT2D eigenvalue weighted by atomic mass is 15.3. The number of hydrogen-bond acceptors (Lipinski definition) is 6. The Morgan fingerprint density at radius 3 is 2.53 bits per heavy atom. The largest absolute Gasteiger partial charge is 0.368 e. The van der Waals surface area contributed by atoms with E-state index < -0.39 is 0 Å². The molecule has 0 bridgehead atoms. The maximum atomic E-state index is 5.79. The predicted octanol–water partition coefficient (Wildman–Crippen LogP) is 1.18. The van der Waals surface area contributed by atoms with E-state index in [1.165, 1.54) is 0 Å². The normalized spacial score (nSPS) is 10.7. The summed E-state index contributed by atoms with van der Waals surface area (Å²) in [7, 11) is 0. The molecule has 0 unspecified atom stereocenters. The zero-order valence-corrected chi connectivity index (χ0v) is 11.5. The first-order valence-electron chi connectivity index (χ1n) is 6.48. The van der Waals surface area contributed by atoms with Crippen molar-refractivity contribution in [3.8, 4) is 11.5 Å². The van der Waals surface area contributed by atoms with Crippen LogP contribution < -0.4 is 10.6 Å². The molecule has 7 nitrogen and oxygen atoms in total. The van der Waals surface area contributed by atoms with E-state index in [-0.39, 0.29) is 5.95 Å². The average Bonchev–Trinajstić information content (AvgIpc) is 2.88. The smallest absolute Gasteiger partial charge is 0.230 e. The SMILES string of the molecule is CCN(CC)c1nc(N)nc(-c2ccnn2CC)n1. The van der Waals surface area contributed by atoms with Gasteiger partial charge in [-0.25, -0.2) is 0 Å². The zero-order valence-electron chi connectivity index (χ0n) is 11.5. The van der Waals surface area contributed by atoms with Gasteiger partial charge in [0.25, 0.3) is 0 Å². The van der Waals surface area contributed by atoms with Crippen LogP contribution >= 0.6 is 0 Å². The topological polar surface area (TPSA) is 85.8 Å². The molecule has 0 saturated carbocycles. The van der Waals surface area contributed by atoms with Crippen molar-refractivity contribution in [1.29, 1.82) is 0 Å². The minimum Gasteiger partial charge on any atom is -0.368 e. The Hall–Kier alpha value is -2.18. The summed E-state index contributed by atoms with van der Waals surface area (Å²) in [5, 5.41) is 4.22. The molecule has 0 spiro atoms. The fraction of sp³-hybridized carbons (Fsp3) is 0.500. The average molecular weight is 261 g/mol. The molecular weight excluding hydrogens is 242 g/mol. The van der Waals surface area contributed by atoms with Crippen LogP contribution in [0.25, 0.3) is 11.5 Å². The van der Waals surface area contributed by atoms with Gasteiger partial charge in [-0.15, -0.1) is 0 Å². The highest BCUT2D eigenvalue weighted by molar-refractivity contribution is 5.53. The van der Waals surface area contributed by atoms with Crippen LogP contribution in [0.3, 0.4) is 0 Å². The van der Waals surface area contributed by atoms with Gasteiger partial charge in [0.1, 0.15) is 5.69 Å². The van der Waals surface area contributed by atoms with Crippen molar-refractivity contribution >= 4 is 11.9 Å². The van der Waals surface area contributed by atoms with Crippen molar-refractivity contribution in [2.75, 3.05) is 23.7 Å². The Morgan fingerprint density at radius 2 is 1.89 bits per heavy atom. The molecule has 0 aliphatic heterocycles. The van der Waals surface area contributed by atoms with E-state index in [1.807, 2.05) is 22.6 Å². The first-order valence-corrected chi connectivity index (χ1v) is 6.48. The standard InChI is InChI=1S/C12H19N7/c1-4-18(5-2)12-16-10(15-11(13)17-12)9-7-8-14-19(9)6-3/h7-8H,4-6H2,1-3H3,(H2,13,15,16,17). The first-order chi connectivity index (χ1) is 9.19. The zero-order chi connectivity index (χ0) is 13.8. The Balaban J connectivity index is 2.47. The number of aromatic nitrogens is 5. The van der Waals surface area contributed by atoms with Gasteiger partial charge in [0.15, 0.2) is 5.82 Å². The second-order valence-electron chi connectivity index (χ2n) is 4.02. The van der Waals surface area contributed by atoms with Crippen LogP contribution in [0.5, 0.6) is 0 Å². The molecule has 2 N–H and O–H groups in total. The van der Waals surface area contributed by atoms with Crippen molar-refractivity contribution in [1.82, 2.24) is 24.7 Å². The highest BCUT2D eigenvalue weighted by Gasteiger charge is 2.13. The molecule has 0 radical (unpaired) electrons. The lowest BCUT2D eigenvalue weighted by Crippen LogP contribution is -2.25. The van der Waals surface area contributed by atoms with Gasteiger partial charge in [-0.3, -0.25) is 4.68 Å². The summed E-state index contributed by atoms with van der Waals surface area (Å²) in [6.07, 6.45) is 1.73. The summed E-state index contributed by atoms with van der Waals surface area (Å²) in [6.45, 7) is 8.54. The second-order valence-corrected chi connectivity index (χ2v) is 4.02. The van der Waals surface area contributed by atoms with E-state index in [4.69, 9.17) is 5.73 Å². The Kier molecular flexibility index (Phi) is 3.94. The number of nitrogens with zero attached hydrogens (tertiary/aromatic N) is 6. The Labute approximate surface area is 112 Å². The van der Waals surface area contributed by atoms with E-state index in [2.05, 4.69) is 33.9 Å². The maximum Gasteiger partial charge on any atom is 0.230 e. The van der Waals surface area contributed by atoms with Gasteiger partial charge in [-0.2, -0.15) is 20.1 Å². The van der Waals surface area contributed by atoms with E-state index in [1.54, 1.807) is 6.20 Å². The Bertz CT molecular complexity index is 545. The summed E-state index contributed by atoms with van der Waals surface area (Å²) < 4.78 is 1.83. The van der Waals surface area contributed by atoms with Gasteiger partial charge >= 0.3 is 0 Å². The molecule has 7 heteroatoms. The van der Waals surface area contributed by atoms with Gasteiger partial charge in [0, 0.05) is 25.8 Å². The number of hydrogen-bond donors (Lipinski definition) is 1. The number of rotatable bonds is 5. The monoisotopic (exact) mass is 261 g/mol. The molecule has 19 heavy (non-hydrogen) atoms. The third kappa shape index (κ3) is 2.64. The molecule has 2 aromatic heterocycles. The lowest BCUT2D eigenvalue weighted by molar-refractivity contribution is 0.663. The molecule has 2 aromatic rings. The number of anilines is 2. The molecular formula is C12H19N7. The van der Waals surface area contributed by atoms with Gasteiger partial charge < -0.3 is 10.6 Å². The van der Waals surface area contributed by atoms with Crippen LogP contribution in [-0.4, -0.2) is 37.8 Å². The molecule has 2 rings (SSSR count). The van der Waals surface area contributed by atoms with Gasteiger partial charge in [0.05, 0.1) is 0 Å². The van der Waals surface area contributed by atoms with Crippen LogP contribution in [0.15, 0.2) is 12.3 Å². The predicted molar refractivity (Wildman–Crippen MR) is 74.7 cm³/mol. The first kappa shape index (κ1) is 13.3. The fourth-order valence-electron chi connectivity index (χ4n) is 1.92. The van der Waals surface area contributed by atoms with Crippen LogP contribution in [0.4, 0.5) is 11.9 Å². The molecule has 0 amide bonds. The summed E-state index contributed by atoms with van der Waals surface area (Å²) >= 11 is 0. The van der Waals surface area contributed by atoms with Crippen LogP contribution in [-0.2, 0) is 6.54 Å². The van der Waals surface area contributed by atoms with Gasteiger partial charge in [-0.05, 0) is 26.8 Å². The summed E-state index contributed by atoms with van der Waals surface area (Å²) in [4.78, 5) is 14.9. The van der Waals surface area contributed by atoms with Gasteiger partial charge in [-0.1, -0.05) is 0 Å². The van der Waals surface area contributed by atoms with E-state index in [0.29, 0.717) is 11.8 Å². The lowest BCUT2D eigenvalue weighted by atomic mass is 10.4. The van der Waals surface area contributed by atoms with E-state index in [9.17, 15) is 0 Å². The third-order valence-electron chi connectivity index (χ3n) is 2.93. The summed E-state index contributed by atoms with van der Waals surface area (Å²) in [5.41, 5.74) is 6.64. The molecule has 102 valence electrons. The molecule has 0 aliphatic rings. The summed E-state index contributed by atoms with van der Waals surface area (Å²) in [5.74, 6) is 1.40. The highest BCUT2D eigenvalue weighted by Crippen LogP contribution is 2.18. The Morgan fingerprint density at radius 1 is 1.16 bits per heavy atom. The molecule has 0 aliphatic carbocycles. The van der Waals surface area contributed by atoms with Crippen molar-refractivity contribution in [2.45, 2.75) is 27.3 Å². The molecule has 0 atom stereocenters. The van der Waals surface area contributed by atoms with Crippen molar-refractivity contribution < 1.29 is 0 Å². The molecule has 0 fully saturated rings. The summed E-state index contributed by atoms with van der Waals surface area (Å²) in [6, 6.07) is 1.88. The van der Waals surface area contributed by atoms with Gasteiger partial charge in [0.2, 0.25) is 11.9 Å². The van der Waals surface area contributed by atoms with Crippen molar-refractivity contribution in [2.24, 2.45) is 0 Å². The molecule has 0 saturated heterocycles. The minimum atomic E-state index is 0.232. The number of aryl methyl sites for hydroxylation is 1. The quantitative estimate of drug-likeness (QED) is 0.870. The second kappa shape index (κ2) is 5.64. The van der Waals surface area contributed by atoms with Crippen LogP contribution in [0, 0.1) is 0 Å². The fourth-order valence-corrected chi connectivity index (χ4v) is 1.92. The maximum absolute atomic E-state index is 5.79. The number of nitrogen functional groups attached to an aromatic ring is 1. The van der Waals surface area contributed by atoms with Crippen molar-refractivity contribution in [3.05, 3.63) is 12.3 Å². The molecule has 2 heterocycles. The lowest BCUT2D eigenvalue weighted by Gasteiger charge is -2.18. The number of nitrogens with two attached hydrogens (primary N) is 1. The molecule has 0 aromatic carbocycles. The van der Waals surface area contributed by atoms with Crippen LogP contribution in [0.1, 0.15) is 20.8 Å². The minimum absolute atomic E-state index is 0.232. The van der Waals surface area contributed by atoms with Crippen molar-refractivity contribution in [3.63, 3.8) is 0 Å². The third-order valence-corrected chi connectivity index (χ3v) is 2.93. The van der Waals surface area contributed by atoms with E-state index >= 15 is 0 Å².